The molecule has 31 heavy (non-hydrogen) atoms. The highest BCUT2D eigenvalue weighted by Crippen LogP contribution is 2.25. The standard InChI is InChI=1S/C23H24FN7/c1-30-11-13-31(14-12-30)21-6-5-19(16-20(21)24)28-23-26-10-8-22(29-23)27-18-4-2-3-17(15-18)7-9-25/h2-6,8,10,15-16H,7,11-14H2,1H3,(H2,26,27,28,29). The van der Waals surface area contributed by atoms with Gasteiger partial charge < -0.3 is 20.4 Å². The van der Waals surface area contributed by atoms with Gasteiger partial charge in [-0.2, -0.15) is 10.2 Å². The van der Waals surface area contributed by atoms with Crippen molar-refractivity contribution in [1.82, 2.24) is 14.9 Å². The third-order valence-electron chi connectivity index (χ3n) is 5.19. The van der Waals surface area contributed by atoms with Crippen LogP contribution in [0.25, 0.3) is 0 Å². The second-order valence-electron chi connectivity index (χ2n) is 7.51. The van der Waals surface area contributed by atoms with Crippen molar-refractivity contribution in [2.24, 2.45) is 0 Å². The molecule has 3 aromatic rings. The Morgan fingerprint density at radius 3 is 2.61 bits per heavy atom. The molecule has 1 aromatic heterocycles. The molecule has 2 heterocycles. The molecule has 0 spiro atoms. The van der Waals surface area contributed by atoms with E-state index in [4.69, 9.17) is 5.26 Å². The molecule has 4 rings (SSSR count). The van der Waals surface area contributed by atoms with Crippen molar-refractivity contribution in [1.29, 1.82) is 5.26 Å². The van der Waals surface area contributed by atoms with Gasteiger partial charge in [-0.15, -0.1) is 0 Å². The maximum atomic E-state index is 14.7. The minimum absolute atomic E-state index is 0.266. The number of nitriles is 1. The smallest absolute Gasteiger partial charge is 0.229 e. The summed E-state index contributed by atoms with van der Waals surface area (Å²) < 4.78 is 14.7. The number of hydrogen-bond donors (Lipinski definition) is 2. The van der Waals surface area contributed by atoms with E-state index in [1.165, 1.54) is 6.07 Å². The summed E-state index contributed by atoms with van der Waals surface area (Å²) in [5.74, 6) is 0.698. The average molecular weight is 417 g/mol. The Morgan fingerprint density at radius 1 is 1.03 bits per heavy atom. The minimum atomic E-state index is -0.266. The largest absolute Gasteiger partial charge is 0.367 e. The van der Waals surface area contributed by atoms with E-state index in [1.54, 1.807) is 18.3 Å². The molecule has 1 saturated heterocycles. The minimum Gasteiger partial charge on any atom is -0.367 e. The van der Waals surface area contributed by atoms with Crippen molar-refractivity contribution >= 4 is 28.8 Å². The molecule has 158 valence electrons. The highest BCUT2D eigenvalue weighted by Gasteiger charge is 2.17. The molecule has 0 saturated carbocycles. The number of anilines is 5. The summed E-state index contributed by atoms with van der Waals surface area (Å²) in [4.78, 5) is 13.0. The van der Waals surface area contributed by atoms with Crippen molar-refractivity contribution in [3.63, 3.8) is 0 Å². The molecule has 1 aliphatic rings. The number of piperazine rings is 1. The van der Waals surface area contributed by atoms with Crippen LogP contribution < -0.4 is 15.5 Å². The molecule has 0 radical (unpaired) electrons. The number of hydrogen-bond acceptors (Lipinski definition) is 7. The molecule has 0 amide bonds. The molecule has 2 N–H and O–H groups in total. The van der Waals surface area contributed by atoms with Crippen LogP contribution in [-0.4, -0.2) is 48.1 Å². The lowest BCUT2D eigenvalue weighted by atomic mass is 10.1. The average Bonchev–Trinajstić information content (AvgIpc) is 2.76. The van der Waals surface area contributed by atoms with Gasteiger partial charge in [0.2, 0.25) is 5.95 Å². The zero-order valence-corrected chi connectivity index (χ0v) is 17.3. The van der Waals surface area contributed by atoms with Gasteiger partial charge in [-0.3, -0.25) is 0 Å². The van der Waals surface area contributed by atoms with Crippen LogP contribution in [0.2, 0.25) is 0 Å². The van der Waals surface area contributed by atoms with E-state index in [0.717, 1.165) is 37.4 Å². The lowest BCUT2D eigenvalue weighted by molar-refractivity contribution is 0.311. The molecular weight excluding hydrogens is 393 g/mol. The van der Waals surface area contributed by atoms with Gasteiger partial charge in [0, 0.05) is 43.8 Å². The second kappa shape index (κ2) is 9.41. The lowest BCUT2D eigenvalue weighted by Crippen LogP contribution is -2.44. The van der Waals surface area contributed by atoms with Gasteiger partial charge in [-0.1, -0.05) is 12.1 Å². The lowest BCUT2D eigenvalue weighted by Gasteiger charge is -2.34. The van der Waals surface area contributed by atoms with Crippen LogP contribution in [0.15, 0.2) is 54.7 Å². The van der Waals surface area contributed by atoms with E-state index in [0.29, 0.717) is 29.6 Å². The summed E-state index contributed by atoms with van der Waals surface area (Å²) in [6, 6.07) is 16.6. The summed E-state index contributed by atoms with van der Waals surface area (Å²) >= 11 is 0. The summed E-state index contributed by atoms with van der Waals surface area (Å²) in [5.41, 5.74) is 2.96. The Labute approximate surface area is 181 Å². The van der Waals surface area contributed by atoms with Crippen LogP contribution in [0, 0.1) is 17.1 Å². The third kappa shape index (κ3) is 5.27. The van der Waals surface area contributed by atoms with Gasteiger partial charge in [0.1, 0.15) is 11.6 Å². The van der Waals surface area contributed by atoms with Crippen LogP contribution >= 0.6 is 0 Å². The number of nitrogens with zero attached hydrogens (tertiary/aromatic N) is 5. The molecule has 0 unspecified atom stereocenters. The molecule has 0 atom stereocenters. The van der Waals surface area contributed by atoms with Crippen molar-refractivity contribution in [2.75, 3.05) is 48.8 Å². The zero-order valence-electron chi connectivity index (χ0n) is 17.3. The SMILES string of the molecule is CN1CCN(c2ccc(Nc3nccc(Nc4cccc(CC#N)c4)n3)cc2F)CC1. The van der Waals surface area contributed by atoms with Crippen LogP contribution in [-0.2, 0) is 6.42 Å². The molecule has 2 aromatic carbocycles. The quantitative estimate of drug-likeness (QED) is 0.629. The van der Waals surface area contributed by atoms with E-state index >= 15 is 0 Å². The molecule has 1 fully saturated rings. The van der Waals surface area contributed by atoms with Crippen LogP contribution in [0.1, 0.15) is 5.56 Å². The van der Waals surface area contributed by atoms with E-state index in [9.17, 15) is 4.39 Å². The van der Waals surface area contributed by atoms with E-state index < -0.39 is 0 Å². The van der Waals surface area contributed by atoms with Crippen molar-refractivity contribution in [3.8, 4) is 6.07 Å². The number of likely N-dealkylation sites (N-methyl/N-ethyl adjacent to an activating group) is 1. The normalized spacial score (nSPS) is 14.2. The van der Waals surface area contributed by atoms with Crippen LogP contribution in [0.4, 0.5) is 33.2 Å². The fourth-order valence-electron chi connectivity index (χ4n) is 3.50. The molecule has 7 nitrogen and oxygen atoms in total. The summed E-state index contributed by atoms with van der Waals surface area (Å²) in [5, 5.41) is 15.1. The Balaban J connectivity index is 1.45. The van der Waals surface area contributed by atoms with E-state index in [2.05, 4.69) is 43.5 Å². The molecule has 1 aliphatic heterocycles. The van der Waals surface area contributed by atoms with Gasteiger partial charge in [-0.25, -0.2) is 9.37 Å². The molecular formula is C23H24FN7. The van der Waals surface area contributed by atoms with Gasteiger partial charge in [0.25, 0.3) is 0 Å². The Bertz CT molecular complexity index is 1090. The van der Waals surface area contributed by atoms with Gasteiger partial charge in [-0.05, 0) is 49.0 Å². The number of halogens is 1. The number of rotatable bonds is 6. The highest BCUT2D eigenvalue weighted by molar-refractivity contribution is 5.62. The van der Waals surface area contributed by atoms with Crippen molar-refractivity contribution in [3.05, 3.63) is 66.1 Å². The summed E-state index contributed by atoms with van der Waals surface area (Å²) in [6.45, 7) is 3.47. The fourth-order valence-corrected chi connectivity index (χ4v) is 3.50. The maximum Gasteiger partial charge on any atom is 0.229 e. The first-order chi connectivity index (χ1) is 15.1. The zero-order chi connectivity index (χ0) is 21.6. The number of benzene rings is 2. The molecule has 8 heteroatoms. The number of nitrogens with one attached hydrogen (secondary N) is 2. The summed E-state index contributed by atoms with van der Waals surface area (Å²) in [6.07, 6.45) is 1.98. The Kier molecular flexibility index (Phi) is 6.24. The first kappa shape index (κ1) is 20.6. The monoisotopic (exact) mass is 417 g/mol. The molecule has 0 aliphatic carbocycles. The predicted molar refractivity (Wildman–Crippen MR) is 120 cm³/mol. The topological polar surface area (TPSA) is 80.1 Å². The fraction of sp³-hybridized carbons (Fsp3) is 0.261. The van der Waals surface area contributed by atoms with Crippen LogP contribution in [0.5, 0.6) is 0 Å². The maximum absolute atomic E-state index is 14.7. The first-order valence-corrected chi connectivity index (χ1v) is 10.2. The van der Waals surface area contributed by atoms with Gasteiger partial charge >= 0.3 is 0 Å². The van der Waals surface area contributed by atoms with Gasteiger partial charge in [0.15, 0.2) is 0 Å². The van der Waals surface area contributed by atoms with Gasteiger partial charge in [0.05, 0.1) is 18.2 Å². The first-order valence-electron chi connectivity index (χ1n) is 10.2. The predicted octanol–water partition coefficient (Wildman–Crippen LogP) is 3.92. The Morgan fingerprint density at radius 2 is 1.84 bits per heavy atom. The van der Waals surface area contributed by atoms with Crippen LogP contribution in [0.3, 0.4) is 0 Å². The Hall–Kier alpha value is -3.70. The van der Waals surface area contributed by atoms with E-state index in [1.807, 2.05) is 30.3 Å². The summed E-state index contributed by atoms with van der Waals surface area (Å²) in [7, 11) is 2.08. The highest BCUT2D eigenvalue weighted by atomic mass is 19.1. The van der Waals surface area contributed by atoms with Crippen molar-refractivity contribution in [2.45, 2.75) is 6.42 Å². The number of aromatic nitrogens is 2. The third-order valence-corrected chi connectivity index (χ3v) is 5.19. The second-order valence-corrected chi connectivity index (χ2v) is 7.51. The van der Waals surface area contributed by atoms with E-state index in [-0.39, 0.29) is 5.82 Å². The van der Waals surface area contributed by atoms with Crippen molar-refractivity contribution < 1.29 is 4.39 Å². The molecule has 0 bridgehead atoms.